The van der Waals surface area contributed by atoms with Crippen molar-refractivity contribution in [3.8, 4) is 0 Å². The van der Waals surface area contributed by atoms with Crippen LogP contribution in [0.15, 0.2) is 0 Å². The number of thioether (sulfide) groups is 1. The van der Waals surface area contributed by atoms with Gasteiger partial charge in [0.1, 0.15) is 0 Å². The summed E-state index contributed by atoms with van der Waals surface area (Å²) in [7, 11) is -3.27. The highest BCUT2D eigenvalue weighted by atomic mass is 32.2. The molecule has 0 aliphatic carbocycles. The van der Waals surface area contributed by atoms with Crippen LogP contribution in [0, 0.1) is 0 Å². The molecule has 0 aliphatic rings. The molecule has 0 spiro atoms. The second-order valence-electron chi connectivity index (χ2n) is 6.66. The van der Waals surface area contributed by atoms with E-state index in [1.165, 1.54) is 24.2 Å². The largest absolute Gasteiger partial charge is 0.416 e. The monoisotopic (exact) mass is 378 g/mol. The van der Waals surface area contributed by atoms with Gasteiger partial charge < -0.3 is 8.85 Å². The van der Waals surface area contributed by atoms with Crippen LogP contribution in [0.5, 0.6) is 0 Å². The first-order chi connectivity index (χ1) is 10.9. The molecule has 0 aromatic rings. The van der Waals surface area contributed by atoms with Crippen molar-refractivity contribution in [1.29, 1.82) is 0 Å². The van der Waals surface area contributed by atoms with Gasteiger partial charge in [-0.15, -0.1) is 0 Å². The molecule has 0 amide bonds. The van der Waals surface area contributed by atoms with Crippen LogP contribution in [0.3, 0.4) is 0 Å². The van der Waals surface area contributed by atoms with Crippen molar-refractivity contribution < 1.29 is 8.85 Å². The van der Waals surface area contributed by atoms with Gasteiger partial charge in [0.15, 0.2) is 0 Å². The Labute approximate surface area is 152 Å². The maximum absolute atomic E-state index is 6.49. The zero-order valence-electron chi connectivity index (χ0n) is 17.0. The van der Waals surface area contributed by atoms with E-state index in [-0.39, 0.29) is 0 Å². The highest BCUT2D eigenvalue weighted by molar-refractivity contribution is 8.03. The Kier molecular flexibility index (Phi) is 12.5. The summed E-state index contributed by atoms with van der Waals surface area (Å²) in [6, 6.07) is 4.92. The lowest BCUT2D eigenvalue weighted by molar-refractivity contribution is 0.296. The van der Waals surface area contributed by atoms with Gasteiger partial charge >= 0.3 is 0 Å². The summed E-state index contributed by atoms with van der Waals surface area (Å²) < 4.78 is 13.0. The number of rotatable bonds is 14. The Morgan fingerprint density at radius 2 is 0.957 bits per heavy atom. The molecule has 0 heterocycles. The molecule has 0 rings (SSSR count). The average Bonchev–Trinajstić information content (AvgIpc) is 2.57. The predicted molar refractivity (Wildman–Crippen MR) is 112 cm³/mol. The standard InChI is InChI=1S/C18H42O2SSi2/c1-9-15-19-22(11-3,12-4)17(7)21-18(8)23(13-5,14-6)20-16-10-2/h17-18H,9-16H2,1-8H3. The van der Waals surface area contributed by atoms with E-state index in [1.54, 1.807) is 0 Å². The minimum absolute atomic E-state index is 0.647. The summed E-state index contributed by atoms with van der Waals surface area (Å²) in [6.07, 6.45) is 2.26. The van der Waals surface area contributed by atoms with E-state index in [0.717, 1.165) is 26.1 Å². The molecular formula is C18H42O2SSi2. The normalized spacial score (nSPS) is 15.7. The topological polar surface area (TPSA) is 18.5 Å². The SMILES string of the molecule is CCCO[Si](CC)(CC)C(C)SC(C)[Si](CC)(CC)OCCC. The third-order valence-electron chi connectivity index (χ3n) is 5.47. The zero-order valence-corrected chi connectivity index (χ0v) is 19.9. The maximum Gasteiger partial charge on any atom is 0.204 e. The molecule has 0 radical (unpaired) electrons. The molecule has 0 aromatic heterocycles. The van der Waals surface area contributed by atoms with Crippen LogP contribution < -0.4 is 0 Å². The van der Waals surface area contributed by atoms with E-state index >= 15 is 0 Å². The third-order valence-corrected chi connectivity index (χ3v) is 19.0. The third kappa shape index (κ3) is 6.50. The highest BCUT2D eigenvalue weighted by Crippen LogP contribution is 2.38. The Balaban J connectivity index is 5.08. The smallest absolute Gasteiger partial charge is 0.204 e. The van der Waals surface area contributed by atoms with Crippen molar-refractivity contribution in [1.82, 2.24) is 0 Å². The Morgan fingerprint density at radius 3 is 1.17 bits per heavy atom. The fourth-order valence-corrected chi connectivity index (χ4v) is 15.9. The van der Waals surface area contributed by atoms with Crippen LogP contribution in [0.2, 0.25) is 24.2 Å². The van der Waals surface area contributed by atoms with Crippen LogP contribution >= 0.6 is 11.8 Å². The molecule has 5 heteroatoms. The second kappa shape index (κ2) is 12.1. The lowest BCUT2D eigenvalue weighted by Crippen LogP contribution is -2.52. The van der Waals surface area contributed by atoms with Crippen molar-refractivity contribution in [2.75, 3.05) is 13.2 Å². The van der Waals surface area contributed by atoms with Gasteiger partial charge in [-0.25, -0.2) is 0 Å². The summed E-state index contributed by atoms with van der Waals surface area (Å²) in [4.78, 5) is 1.29. The van der Waals surface area contributed by atoms with Gasteiger partial charge in [0, 0.05) is 23.0 Å². The van der Waals surface area contributed by atoms with E-state index in [1.807, 2.05) is 0 Å². The van der Waals surface area contributed by atoms with Crippen molar-refractivity contribution in [2.24, 2.45) is 0 Å². The van der Waals surface area contributed by atoms with Gasteiger partial charge in [-0.1, -0.05) is 55.4 Å². The van der Waals surface area contributed by atoms with Crippen molar-refractivity contribution in [2.45, 2.75) is 102 Å². The molecule has 0 N–H and O–H groups in total. The molecule has 2 unspecified atom stereocenters. The quantitative estimate of drug-likeness (QED) is 0.326. The molecular weight excluding hydrogens is 336 g/mol. The first-order valence-electron chi connectivity index (χ1n) is 9.85. The molecule has 0 saturated carbocycles. The first-order valence-corrected chi connectivity index (χ1v) is 15.6. The lowest BCUT2D eigenvalue weighted by Gasteiger charge is -2.40. The van der Waals surface area contributed by atoms with Gasteiger partial charge in [-0.2, -0.15) is 11.8 Å². The average molecular weight is 379 g/mol. The van der Waals surface area contributed by atoms with Gasteiger partial charge in [0.05, 0.1) is 0 Å². The Bertz CT molecular complexity index is 267. The summed E-state index contributed by atoms with van der Waals surface area (Å²) in [5, 5.41) is 0. The molecule has 2 nitrogen and oxygen atoms in total. The fourth-order valence-electron chi connectivity index (χ4n) is 3.46. The van der Waals surface area contributed by atoms with Crippen LogP contribution in [-0.4, -0.2) is 39.6 Å². The Morgan fingerprint density at radius 1 is 0.652 bits per heavy atom. The van der Waals surface area contributed by atoms with Gasteiger partial charge in [-0.05, 0) is 37.0 Å². The highest BCUT2D eigenvalue weighted by Gasteiger charge is 2.44. The molecule has 140 valence electrons. The first kappa shape index (κ1) is 23.7. The van der Waals surface area contributed by atoms with Crippen molar-refractivity contribution in [3.05, 3.63) is 0 Å². The van der Waals surface area contributed by atoms with E-state index in [9.17, 15) is 0 Å². The molecule has 0 fully saturated rings. The second-order valence-corrected chi connectivity index (χ2v) is 18.6. The zero-order chi connectivity index (χ0) is 17.9. The molecule has 0 aromatic carbocycles. The predicted octanol–water partition coefficient (Wildman–Crippen LogP) is 6.40. The summed E-state index contributed by atoms with van der Waals surface area (Å²) in [5.41, 5.74) is 0. The summed E-state index contributed by atoms with van der Waals surface area (Å²) >= 11 is 2.19. The lowest BCUT2D eigenvalue weighted by atomic mass is 10.5. The number of hydrogen-bond donors (Lipinski definition) is 0. The van der Waals surface area contributed by atoms with Crippen LogP contribution in [0.4, 0.5) is 0 Å². The number of hydrogen-bond acceptors (Lipinski definition) is 3. The van der Waals surface area contributed by atoms with Gasteiger partial charge in [0.25, 0.3) is 0 Å². The van der Waals surface area contributed by atoms with Crippen molar-refractivity contribution >= 4 is 28.4 Å². The molecule has 0 bridgehead atoms. The summed E-state index contributed by atoms with van der Waals surface area (Å²) in [5.74, 6) is 0. The molecule has 2 atom stereocenters. The van der Waals surface area contributed by atoms with Gasteiger partial charge in [0.2, 0.25) is 16.6 Å². The Hall–Kier alpha value is 0.704. The molecule has 23 heavy (non-hydrogen) atoms. The van der Waals surface area contributed by atoms with Crippen molar-refractivity contribution in [3.63, 3.8) is 0 Å². The van der Waals surface area contributed by atoms with Crippen LogP contribution in [-0.2, 0) is 8.85 Å². The summed E-state index contributed by atoms with van der Waals surface area (Å²) in [6.45, 7) is 20.5. The maximum atomic E-state index is 6.49. The minimum atomic E-state index is -1.64. The van der Waals surface area contributed by atoms with Crippen LogP contribution in [0.1, 0.15) is 68.2 Å². The molecule has 0 aliphatic heterocycles. The van der Waals surface area contributed by atoms with E-state index < -0.39 is 16.6 Å². The van der Waals surface area contributed by atoms with E-state index in [0.29, 0.717) is 9.75 Å². The van der Waals surface area contributed by atoms with E-state index in [2.05, 4.69) is 67.2 Å². The molecule has 0 saturated heterocycles. The van der Waals surface area contributed by atoms with Gasteiger partial charge in [-0.3, -0.25) is 0 Å². The minimum Gasteiger partial charge on any atom is -0.416 e. The fraction of sp³-hybridized carbons (Fsp3) is 1.00. The van der Waals surface area contributed by atoms with Crippen LogP contribution in [0.25, 0.3) is 0 Å². The van der Waals surface area contributed by atoms with E-state index in [4.69, 9.17) is 8.85 Å².